The lowest BCUT2D eigenvalue weighted by molar-refractivity contribution is -0.119. The number of aromatic carboxylic acids is 1. The van der Waals surface area contributed by atoms with Crippen molar-refractivity contribution in [2.45, 2.75) is 19.4 Å². The molecule has 90 valence electrons. The molecule has 1 aliphatic heterocycles. The molecule has 1 unspecified atom stereocenters. The van der Waals surface area contributed by atoms with E-state index in [0.717, 1.165) is 0 Å². The molecule has 0 spiro atoms. The molecule has 0 aliphatic carbocycles. The molecular formula is C10H12N4O3. The number of hydrogen-bond acceptors (Lipinski definition) is 5. The lowest BCUT2D eigenvalue weighted by atomic mass is 10.2. The molecule has 1 aromatic rings. The summed E-state index contributed by atoms with van der Waals surface area (Å²) in [5, 5.41) is 14.5. The Hall–Kier alpha value is -2.18. The molecule has 1 amide bonds. The van der Waals surface area contributed by atoms with Gasteiger partial charge >= 0.3 is 5.97 Å². The van der Waals surface area contributed by atoms with Crippen molar-refractivity contribution >= 4 is 17.8 Å². The first-order chi connectivity index (χ1) is 8.06. The SMILES string of the molecule is Cc1nc(NC2CNC(=O)C2)ncc1C(=O)O. The molecule has 2 rings (SSSR count). The van der Waals surface area contributed by atoms with Gasteiger partial charge in [-0.25, -0.2) is 14.8 Å². The predicted octanol–water partition coefficient (Wildman–Crippen LogP) is -0.216. The monoisotopic (exact) mass is 236 g/mol. The van der Waals surface area contributed by atoms with Crippen molar-refractivity contribution in [3.8, 4) is 0 Å². The van der Waals surface area contributed by atoms with Crippen molar-refractivity contribution in [1.82, 2.24) is 15.3 Å². The highest BCUT2D eigenvalue weighted by atomic mass is 16.4. The molecule has 0 bridgehead atoms. The molecule has 0 radical (unpaired) electrons. The van der Waals surface area contributed by atoms with Gasteiger partial charge in [0.15, 0.2) is 0 Å². The maximum Gasteiger partial charge on any atom is 0.339 e. The fraction of sp³-hybridized carbons (Fsp3) is 0.400. The van der Waals surface area contributed by atoms with Crippen molar-refractivity contribution in [3.05, 3.63) is 17.5 Å². The van der Waals surface area contributed by atoms with E-state index >= 15 is 0 Å². The number of aryl methyl sites for hydroxylation is 1. The standard InChI is InChI=1S/C10H12N4O3/c1-5-7(9(16)17)4-12-10(13-5)14-6-2-8(15)11-3-6/h4,6H,2-3H2,1H3,(H,11,15)(H,16,17)(H,12,13,14). The van der Waals surface area contributed by atoms with Crippen LogP contribution >= 0.6 is 0 Å². The molecule has 17 heavy (non-hydrogen) atoms. The molecule has 1 atom stereocenters. The summed E-state index contributed by atoms with van der Waals surface area (Å²) >= 11 is 0. The maximum absolute atomic E-state index is 11.0. The fourth-order valence-electron chi connectivity index (χ4n) is 1.64. The Kier molecular flexibility index (Phi) is 2.90. The number of rotatable bonds is 3. The molecule has 3 N–H and O–H groups in total. The zero-order valence-electron chi connectivity index (χ0n) is 9.23. The van der Waals surface area contributed by atoms with Gasteiger partial charge < -0.3 is 15.7 Å². The number of carboxylic acid groups (broad SMARTS) is 1. The highest BCUT2D eigenvalue weighted by Gasteiger charge is 2.22. The van der Waals surface area contributed by atoms with Gasteiger partial charge in [0.05, 0.1) is 17.3 Å². The van der Waals surface area contributed by atoms with Crippen molar-refractivity contribution < 1.29 is 14.7 Å². The van der Waals surface area contributed by atoms with Gasteiger partial charge in [0.25, 0.3) is 0 Å². The van der Waals surface area contributed by atoms with E-state index in [1.807, 2.05) is 0 Å². The quantitative estimate of drug-likeness (QED) is 0.670. The molecule has 0 saturated carbocycles. The minimum Gasteiger partial charge on any atom is -0.478 e. The Balaban J connectivity index is 2.10. The van der Waals surface area contributed by atoms with Crippen LogP contribution in [0.3, 0.4) is 0 Å². The summed E-state index contributed by atoms with van der Waals surface area (Å²) in [6.07, 6.45) is 1.64. The topological polar surface area (TPSA) is 104 Å². The molecule has 2 heterocycles. The summed E-state index contributed by atoms with van der Waals surface area (Å²) in [7, 11) is 0. The Morgan fingerprint density at radius 3 is 2.94 bits per heavy atom. The summed E-state index contributed by atoms with van der Waals surface area (Å²) in [5.41, 5.74) is 0.475. The average Bonchev–Trinajstić information content (AvgIpc) is 2.63. The van der Waals surface area contributed by atoms with Gasteiger partial charge in [-0.1, -0.05) is 0 Å². The summed E-state index contributed by atoms with van der Waals surface area (Å²) in [6.45, 7) is 2.14. The lowest BCUT2D eigenvalue weighted by Crippen LogP contribution is -2.23. The third-order valence-electron chi connectivity index (χ3n) is 2.52. The highest BCUT2D eigenvalue weighted by Crippen LogP contribution is 2.10. The van der Waals surface area contributed by atoms with Crippen LogP contribution in [0.1, 0.15) is 22.5 Å². The first kappa shape index (κ1) is 11.3. The Bertz CT molecular complexity index is 475. The maximum atomic E-state index is 11.0. The third kappa shape index (κ3) is 2.49. The number of aromatic nitrogens is 2. The number of carbonyl (C=O) groups is 2. The van der Waals surface area contributed by atoms with Crippen LogP contribution in [0.5, 0.6) is 0 Å². The van der Waals surface area contributed by atoms with Gasteiger partial charge in [-0.3, -0.25) is 4.79 Å². The average molecular weight is 236 g/mol. The van der Waals surface area contributed by atoms with Crippen molar-refractivity contribution in [2.75, 3.05) is 11.9 Å². The van der Waals surface area contributed by atoms with Gasteiger partial charge in [0, 0.05) is 19.2 Å². The largest absolute Gasteiger partial charge is 0.478 e. The van der Waals surface area contributed by atoms with E-state index in [0.29, 0.717) is 24.6 Å². The van der Waals surface area contributed by atoms with E-state index in [9.17, 15) is 9.59 Å². The minimum atomic E-state index is -1.05. The van der Waals surface area contributed by atoms with Gasteiger partial charge in [-0.05, 0) is 6.92 Å². The molecule has 7 heteroatoms. The second-order valence-electron chi connectivity index (χ2n) is 3.85. The zero-order chi connectivity index (χ0) is 12.4. The number of nitrogens with zero attached hydrogens (tertiary/aromatic N) is 2. The van der Waals surface area contributed by atoms with E-state index in [1.165, 1.54) is 6.20 Å². The van der Waals surface area contributed by atoms with Gasteiger partial charge in [-0.15, -0.1) is 0 Å². The van der Waals surface area contributed by atoms with Crippen LogP contribution < -0.4 is 10.6 Å². The molecule has 0 aromatic carbocycles. The van der Waals surface area contributed by atoms with E-state index < -0.39 is 5.97 Å². The van der Waals surface area contributed by atoms with E-state index in [4.69, 9.17) is 5.11 Å². The van der Waals surface area contributed by atoms with Crippen molar-refractivity contribution in [3.63, 3.8) is 0 Å². The van der Waals surface area contributed by atoms with E-state index in [2.05, 4.69) is 20.6 Å². The van der Waals surface area contributed by atoms with E-state index in [1.54, 1.807) is 6.92 Å². The summed E-state index contributed by atoms with van der Waals surface area (Å²) in [4.78, 5) is 29.7. The number of carboxylic acids is 1. The Morgan fingerprint density at radius 1 is 1.65 bits per heavy atom. The molecule has 1 saturated heterocycles. The Labute approximate surface area is 97.3 Å². The van der Waals surface area contributed by atoms with Crippen LogP contribution in [0.25, 0.3) is 0 Å². The predicted molar refractivity (Wildman–Crippen MR) is 58.8 cm³/mol. The first-order valence-corrected chi connectivity index (χ1v) is 5.16. The fourth-order valence-corrected chi connectivity index (χ4v) is 1.64. The molecule has 1 aliphatic rings. The van der Waals surface area contributed by atoms with Crippen LogP contribution in [0.4, 0.5) is 5.95 Å². The first-order valence-electron chi connectivity index (χ1n) is 5.16. The number of carbonyl (C=O) groups excluding carboxylic acids is 1. The van der Waals surface area contributed by atoms with Crippen LogP contribution in [-0.4, -0.2) is 39.5 Å². The molecule has 1 fully saturated rings. The summed E-state index contributed by atoms with van der Waals surface area (Å²) in [6, 6.07) is -0.0439. The second kappa shape index (κ2) is 4.36. The van der Waals surface area contributed by atoms with Gasteiger partial charge in [0.2, 0.25) is 11.9 Å². The third-order valence-corrected chi connectivity index (χ3v) is 2.52. The lowest BCUT2D eigenvalue weighted by Gasteiger charge is -2.10. The van der Waals surface area contributed by atoms with Crippen LogP contribution in [0.2, 0.25) is 0 Å². The van der Waals surface area contributed by atoms with Crippen LogP contribution in [0, 0.1) is 6.92 Å². The number of amides is 1. The number of anilines is 1. The minimum absolute atomic E-state index is 0.0126. The van der Waals surface area contributed by atoms with Crippen molar-refractivity contribution in [1.29, 1.82) is 0 Å². The van der Waals surface area contributed by atoms with Crippen LogP contribution in [-0.2, 0) is 4.79 Å². The van der Waals surface area contributed by atoms with Crippen LogP contribution in [0.15, 0.2) is 6.20 Å². The number of nitrogens with one attached hydrogen (secondary N) is 2. The summed E-state index contributed by atoms with van der Waals surface area (Å²) in [5.74, 6) is -0.720. The Morgan fingerprint density at radius 2 is 2.41 bits per heavy atom. The molecular weight excluding hydrogens is 224 g/mol. The second-order valence-corrected chi connectivity index (χ2v) is 3.85. The van der Waals surface area contributed by atoms with Gasteiger partial charge in [-0.2, -0.15) is 0 Å². The number of hydrogen-bond donors (Lipinski definition) is 3. The molecule has 1 aromatic heterocycles. The normalized spacial score (nSPS) is 18.9. The molecule has 7 nitrogen and oxygen atoms in total. The highest BCUT2D eigenvalue weighted by molar-refractivity contribution is 5.88. The zero-order valence-corrected chi connectivity index (χ0v) is 9.23. The summed E-state index contributed by atoms with van der Waals surface area (Å²) < 4.78 is 0. The van der Waals surface area contributed by atoms with Gasteiger partial charge in [0.1, 0.15) is 0 Å². The van der Waals surface area contributed by atoms with Crippen molar-refractivity contribution in [2.24, 2.45) is 0 Å². The van der Waals surface area contributed by atoms with E-state index in [-0.39, 0.29) is 17.5 Å². The smallest absolute Gasteiger partial charge is 0.339 e.